The summed E-state index contributed by atoms with van der Waals surface area (Å²) in [6.45, 7) is 2.00. The van der Waals surface area contributed by atoms with Crippen LogP contribution >= 0.6 is 11.8 Å². The van der Waals surface area contributed by atoms with Crippen LogP contribution in [0.2, 0.25) is 0 Å². The molecule has 2 aromatic heterocycles. The van der Waals surface area contributed by atoms with E-state index in [9.17, 15) is 0 Å². The van der Waals surface area contributed by atoms with Crippen molar-refractivity contribution in [3.05, 3.63) is 66.1 Å². The summed E-state index contributed by atoms with van der Waals surface area (Å²) in [6.07, 6.45) is 3.94. The van der Waals surface area contributed by atoms with Crippen LogP contribution in [0, 0.1) is 6.92 Å². The number of aryl methyl sites for hydroxylation is 1. The lowest BCUT2D eigenvalue weighted by Crippen LogP contribution is -2.40. The van der Waals surface area contributed by atoms with Crippen LogP contribution in [0.4, 0.5) is 5.82 Å². The number of rotatable bonds is 3. The lowest BCUT2D eigenvalue weighted by Gasteiger charge is -2.32. The summed E-state index contributed by atoms with van der Waals surface area (Å²) in [5.41, 5.74) is 1.98. The number of hydrogen-bond acceptors (Lipinski definition) is 4. The number of aromatic amines is 1. The molecule has 0 bridgehead atoms. The maximum Gasteiger partial charge on any atom is 0.193 e. The number of anilines is 1. The molecule has 6 heteroatoms. The highest BCUT2D eigenvalue weighted by Crippen LogP contribution is 2.32. The minimum atomic E-state index is -0.0926. The van der Waals surface area contributed by atoms with Gasteiger partial charge in [0, 0.05) is 22.9 Å². The van der Waals surface area contributed by atoms with Crippen LogP contribution < -0.4 is 5.01 Å². The molecule has 1 aromatic carbocycles. The second-order valence-electron chi connectivity index (χ2n) is 5.07. The molecular weight excluding hydrogens is 294 g/mol. The summed E-state index contributed by atoms with van der Waals surface area (Å²) in [4.78, 5) is 5.87. The molecule has 3 aromatic rings. The monoisotopic (exact) mass is 309 g/mol. The standard InChI is InChI=1S/C16H15N5S/c1-12-10-15(19-18-12)21-16(22-14-7-3-2-4-8-14)17-11-13-6-5-9-20(13)21/h2-11,16H,1H3,(H,18,19). The summed E-state index contributed by atoms with van der Waals surface area (Å²) < 4.78 is 2.09. The quantitative estimate of drug-likeness (QED) is 0.807. The van der Waals surface area contributed by atoms with E-state index in [0.29, 0.717) is 0 Å². The fraction of sp³-hybridized carbons (Fsp3) is 0.125. The summed E-state index contributed by atoms with van der Waals surface area (Å²) >= 11 is 1.70. The number of fused-ring (bicyclic) bond motifs is 1. The molecule has 1 aliphatic heterocycles. The smallest absolute Gasteiger partial charge is 0.193 e. The van der Waals surface area contributed by atoms with Gasteiger partial charge in [0.15, 0.2) is 11.3 Å². The number of thioether (sulfide) groups is 1. The average Bonchev–Trinajstić information content (AvgIpc) is 3.17. The van der Waals surface area contributed by atoms with Crippen molar-refractivity contribution < 1.29 is 0 Å². The molecule has 0 amide bonds. The predicted molar refractivity (Wildman–Crippen MR) is 89.3 cm³/mol. The van der Waals surface area contributed by atoms with E-state index in [1.807, 2.05) is 55.7 Å². The molecule has 3 heterocycles. The third kappa shape index (κ3) is 2.31. The van der Waals surface area contributed by atoms with Crippen molar-refractivity contribution in [3.8, 4) is 0 Å². The third-order valence-corrected chi connectivity index (χ3v) is 4.52. The van der Waals surface area contributed by atoms with Crippen LogP contribution in [-0.4, -0.2) is 26.6 Å². The molecule has 110 valence electrons. The van der Waals surface area contributed by atoms with Crippen molar-refractivity contribution in [2.45, 2.75) is 17.3 Å². The first-order valence-electron chi connectivity index (χ1n) is 7.05. The van der Waals surface area contributed by atoms with Crippen molar-refractivity contribution >= 4 is 23.8 Å². The van der Waals surface area contributed by atoms with E-state index in [0.717, 1.165) is 17.2 Å². The van der Waals surface area contributed by atoms with Crippen molar-refractivity contribution in [1.82, 2.24) is 14.9 Å². The van der Waals surface area contributed by atoms with Gasteiger partial charge in [-0.05, 0) is 31.2 Å². The van der Waals surface area contributed by atoms with Crippen molar-refractivity contribution in [1.29, 1.82) is 0 Å². The molecule has 1 N–H and O–H groups in total. The Morgan fingerprint density at radius 2 is 2.00 bits per heavy atom. The van der Waals surface area contributed by atoms with Crippen LogP contribution in [0.15, 0.2) is 64.6 Å². The molecule has 1 unspecified atom stereocenters. The number of nitrogens with one attached hydrogen (secondary N) is 1. The maximum atomic E-state index is 4.69. The Hall–Kier alpha value is -2.47. The molecule has 0 aliphatic carbocycles. The normalized spacial score (nSPS) is 16.8. The van der Waals surface area contributed by atoms with E-state index < -0.39 is 0 Å². The maximum absolute atomic E-state index is 4.69. The van der Waals surface area contributed by atoms with Gasteiger partial charge in [-0.1, -0.05) is 30.0 Å². The second kappa shape index (κ2) is 5.38. The predicted octanol–water partition coefficient (Wildman–Crippen LogP) is 3.30. The van der Waals surface area contributed by atoms with E-state index in [4.69, 9.17) is 4.99 Å². The number of hydrogen-bond donors (Lipinski definition) is 1. The molecule has 1 aliphatic rings. The Balaban J connectivity index is 1.73. The van der Waals surface area contributed by atoms with Gasteiger partial charge in [0.05, 0.1) is 11.9 Å². The molecule has 0 radical (unpaired) electrons. The number of nitrogens with zero attached hydrogens (tertiary/aromatic N) is 4. The number of H-pyrrole nitrogens is 1. The average molecular weight is 309 g/mol. The molecular formula is C16H15N5S. The first kappa shape index (κ1) is 13.2. The molecule has 0 fully saturated rings. The van der Waals surface area contributed by atoms with E-state index in [2.05, 4.69) is 32.0 Å². The molecule has 1 atom stereocenters. The summed E-state index contributed by atoms with van der Waals surface area (Å²) in [6, 6.07) is 16.4. The summed E-state index contributed by atoms with van der Waals surface area (Å²) in [7, 11) is 0. The fourth-order valence-electron chi connectivity index (χ4n) is 2.44. The van der Waals surface area contributed by atoms with Crippen LogP contribution in [-0.2, 0) is 0 Å². The zero-order chi connectivity index (χ0) is 14.9. The van der Waals surface area contributed by atoms with E-state index in [1.165, 1.54) is 4.90 Å². The first-order valence-corrected chi connectivity index (χ1v) is 7.93. The van der Waals surface area contributed by atoms with Gasteiger partial charge >= 0.3 is 0 Å². The van der Waals surface area contributed by atoms with E-state index in [-0.39, 0.29) is 5.50 Å². The highest BCUT2D eigenvalue weighted by molar-refractivity contribution is 8.00. The summed E-state index contributed by atoms with van der Waals surface area (Å²) in [5, 5.41) is 9.50. The molecule has 0 saturated carbocycles. The number of aromatic nitrogens is 3. The lowest BCUT2D eigenvalue weighted by molar-refractivity contribution is 0.646. The lowest BCUT2D eigenvalue weighted by atomic mass is 10.4. The molecule has 0 saturated heterocycles. The van der Waals surface area contributed by atoms with Gasteiger partial charge in [0.2, 0.25) is 0 Å². The van der Waals surface area contributed by atoms with Crippen molar-refractivity contribution in [2.75, 3.05) is 5.01 Å². The fourth-order valence-corrected chi connectivity index (χ4v) is 3.43. The Kier molecular flexibility index (Phi) is 3.23. The Morgan fingerprint density at radius 1 is 1.14 bits per heavy atom. The topological polar surface area (TPSA) is 49.2 Å². The first-order chi connectivity index (χ1) is 10.8. The minimum Gasteiger partial charge on any atom is -0.281 e. The van der Waals surface area contributed by atoms with Gasteiger partial charge in [-0.15, -0.1) is 0 Å². The van der Waals surface area contributed by atoms with Gasteiger partial charge in [-0.25, -0.2) is 5.01 Å². The zero-order valence-corrected chi connectivity index (χ0v) is 12.9. The third-order valence-electron chi connectivity index (χ3n) is 3.45. The second-order valence-corrected chi connectivity index (χ2v) is 6.20. The Bertz CT molecular complexity index is 805. The molecule has 4 rings (SSSR count). The SMILES string of the molecule is Cc1cc(N2C(Sc3ccccc3)N=Cc3cccn32)n[nH]1. The highest BCUT2D eigenvalue weighted by Gasteiger charge is 2.27. The van der Waals surface area contributed by atoms with E-state index >= 15 is 0 Å². The van der Waals surface area contributed by atoms with Crippen LogP contribution in [0.3, 0.4) is 0 Å². The minimum absolute atomic E-state index is 0.0926. The summed E-state index contributed by atoms with van der Waals surface area (Å²) in [5.74, 6) is 0.861. The largest absolute Gasteiger partial charge is 0.281 e. The van der Waals surface area contributed by atoms with Crippen LogP contribution in [0.25, 0.3) is 0 Å². The van der Waals surface area contributed by atoms with Crippen molar-refractivity contribution in [2.24, 2.45) is 4.99 Å². The van der Waals surface area contributed by atoms with Gasteiger partial charge in [-0.2, -0.15) is 5.10 Å². The zero-order valence-electron chi connectivity index (χ0n) is 12.0. The molecule has 5 nitrogen and oxygen atoms in total. The van der Waals surface area contributed by atoms with Crippen molar-refractivity contribution in [3.63, 3.8) is 0 Å². The van der Waals surface area contributed by atoms with Gasteiger partial charge in [-0.3, -0.25) is 14.8 Å². The van der Waals surface area contributed by atoms with Gasteiger partial charge in [0.1, 0.15) is 0 Å². The molecule has 22 heavy (non-hydrogen) atoms. The van der Waals surface area contributed by atoms with Gasteiger partial charge in [0.25, 0.3) is 0 Å². The number of aliphatic imine (C=N–C) groups is 1. The molecule has 0 spiro atoms. The Labute approximate surface area is 132 Å². The highest BCUT2D eigenvalue weighted by atomic mass is 32.2. The van der Waals surface area contributed by atoms with Gasteiger partial charge < -0.3 is 0 Å². The number of benzene rings is 1. The van der Waals surface area contributed by atoms with Crippen LogP contribution in [0.5, 0.6) is 0 Å². The van der Waals surface area contributed by atoms with E-state index in [1.54, 1.807) is 11.8 Å². The van der Waals surface area contributed by atoms with Crippen LogP contribution in [0.1, 0.15) is 11.4 Å². The Morgan fingerprint density at radius 3 is 2.77 bits per heavy atom.